The standard InChI is InChI=1S/C22H21NO5/c1-26-19-10-23(20-18(24)12-27-21(19)20)22(25)28-11-17-15-8-4-2-6-13(15)14-7-3-5-9-16(14)17/h2-9,17,19-21H,10-12H2,1H3. The Balaban J connectivity index is 1.35. The van der Waals surface area contributed by atoms with Crippen molar-refractivity contribution in [2.45, 2.75) is 24.2 Å². The molecule has 0 aromatic heterocycles. The highest BCUT2D eigenvalue weighted by molar-refractivity contribution is 5.91. The summed E-state index contributed by atoms with van der Waals surface area (Å²) >= 11 is 0. The SMILES string of the molecule is COC1CN(C(=O)OCC2c3ccccc3-c3ccccc32)C2C(=O)COC12. The normalized spacial score (nSPS) is 25.5. The van der Waals surface area contributed by atoms with E-state index in [-0.39, 0.29) is 31.0 Å². The topological polar surface area (TPSA) is 65.1 Å². The number of Topliss-reactive ketones (excluding diaryl/α,β-unsaturated/α-hetero) is 1. The number of nitrogens with zero attached hydrogens (tertiary/aromatic N) is 1. The Morgan fingerprint density at radius 1 is 1.11 bits per heavy atom. The van der Waals surface area contributed by atoms with Crippen LogP contribution in [-0.2, 0) is 19.0 Å². The first-order chi connectivity index (χ1) is 13.7. The predicted octanol–water partition coefficient (Wildman–Crippen LogP) is 2.60. The van der Waals surface area contributed by atoms with Crippen LogP contribution in [0.25, 0.3) is 11.1 Å². The molecule has 6 nitrogen and oxygen atoms in total. The molecule has 1 aliphatic carbocycles. The van der Waals surface area contributed by atoms with Crippen molar-refractivity contribution in [3.8, 4) is 11.1 Å². The zero-order valence-electron chi connectivity index (χ0n) is 15.5. The lowest BCUT2D eigenvalue weighted by Crippen LogP contribution is -2.42. The van der Waals surface area contributed by atoms with Gasteiger partial charge in [-0.2, -0.15) is 0 Å². The van der Waals surface area contributed by atoms with Crippen molar-refractivity contribution in [1.29, 1.82) is 0 Å². The molecule has 3 atom stereocenters. The molecule has 2 heterocycles. The number of ether oxygens (including phenoxy) is 3. The molecule has 144 valence electrons. The van der Waals surface area contributed by atoms with Crippen molar-refractivity contribution < 1.29 is 23.8 Å². The average molecular weight is 379 g/mol. The van der Waals surface area contributed by atoms with Crippen molar-refractivity contribution in [3.05, 3.63) is 59.7 Å². The number of rotatable bonds is 3. The number of carbonyl (C=O) groups excluding carboxylic acids is 2. The highest BCUT2D eigenvalue weighted by Crippen LogP contribution is 2.44. The van der Waals surface area contributed by atoms with Crippen LogP contribution in [0.15, 0.2) is 48.5 Å². The lowest BCUT2D eigenvalue weighted by Gasteiger charge is -2.22. The Morgan fingerprint density at radius 2 is 1.75 bits per heavy atom. The van der Waals surface area contributed by atoms with Gasteiger partial charge >= 0.3 is 6.09 Å². The second-order valence-electron chi connectivity index (χ2n) is 7.42. The van der Waals surface area contributed by atoms with Gasteiger partial charge in [0, 0.05) is 13.0 Å². The van der Waals surface area contributed by atoms with E-state index >= 15 is 0 Å². The van der Waals surface area contributed by atoms with E-state index in [9.17, 15) is 9.59 Å². The fourth-order valence-electron chi connectivity index (χ4n) is 4.68. The third kappa shape index (κ3) is 2.56. The highest BCUT2D eigenvalue weighted by Gasteiger charge is 2.53. The molecule has 2 aliphatic heterocycles. The van der Waals surface area contributed by atoms with Gasteiger partial charge in [-0.3, -0.25) is 9.69 Å². The predicted molar refractivity (Wildman–Crippen MR) is 101 cm³/mol. The Hall–Kier alpha value is -2.70. The summed E-state index contributed by atoms with van der Waals surface area (Å²) in [7, 11) is 1.56. The molecule has 3 unspecified atom stereocenters. The van der Waals surface area contributed by atoms with Crippen LogP contribution in [0.5, 0.6) is 0 Å². The van der Waals surface area contributed by atoms with Gasteiger partial charge in [0.05, 0.1) is 6.54 Å². The number of likely N-dealkylation sites (tertiary alicyclic amines) is 1. The first-order valence-electron chi connectivity index (χ1n) is 9.47. The van der Waals surface area contributed by atoms with Crippen molar-refractivity contribution in [2.75, 3.05) is 26.9 Å². The van der Waals surface area contributed by atoms with Crippen LogP contribution in [-0.4, -0.2) is 61.9 Å². The van der Waals surface area contributed by atoms with E-state index in [1.165, 1.54) is 16.0 Å². The minimum Gasteiger partial charge on any atom is -0.448 e. The molecule has 0 radical (unpaired) electrons. The van der Waals surface area contributed by atoms with Crippen LogP contribution < -0.4 is 0 Å². The number of carbonyl (C=O) groups is 2. The van der Waals surface area contributed by atoms with Crippen molar-refractivity contribution in [2.24, 2.45) is 0 Å². The maximum absolute atomic E-state index is 12.8. The average Bonchev–Trinajstić information content (AvgIpc) is 3.38. The van der Waals surface area contributed by atoms with E-state index in [1.807, 2.05) is 24.3 Å². The Morgan fingerprint density at radius 3 is 2.39 bits per heavy atom. The van der Waals surface area contributed by atoms with Crippen LogP contribution in [0.3, 0.4) is 0 Å². The minimum absolute atomic E-state index is 0.0106. The number of hydrogen-bond acceptors (Lipinski definition) is 5. The summed E-state index contributed by atoms with van der Waals surface area (Å²) in [6, 6.07) is 15.8. The second kappa shape index (κ2) is 6.72. The van der Waals surface area contributed by atoms with Gasteiger partial charge in [0.25, 0.3) is 0 Å². The zero-order valence-corrected chi connectivity index (χ0v) is 15.5. The molecule has 0 spiro atoms. The molecule has 0 saturated carbocycles. The van der Waals surface area contributed by atoms with Gasteiger partial charge in [0.2, 0.25) is 0 Å². The third-order valence-electron chi connectivity index (χ3n) is 6.01. The second-order valence-corrected chi connectivity index (χ2v) is 7.42. The van der Waals surface area contributed by atoms with E-state index in [2.05, 4.69) is 24.3 Å². The van der Waals surface area contributed by atoms with Crippen LogP contribution in [0.4, 0.5) is 4.79 Å². The Labute approximate surface area is 163 Å². The molecule has 5 rings (SSSR count). The quantitative estimate of drug-likeness (QED) is 0.820. The molecule has 3 aliphatic rings. The van der Waals surface area contributed by atoms with Crippen LogP contribution in [0, 0.1) is 0 Å². The molecule has 2 aromatic rings. The molecule has 2 fully saturated rings. The number of methoxy groups -OCH3 is 1. The van der Waals surface area contributed by atoms with Crippen molar-refractivity contribution in [1.82, 2.24) is 4.90 Å². The fraction of sp³-hybridized carbons (Fsp3) is 0.364. The van der Waals surface area contributed by atoms with Crippen LogP contribution >= 0.6 is 0 Å². The molecule has 1 amide bonds. The van der Waals surface area contributed by atoms with Gasteiger partial charge in [0.1, 0.15) is 31.5 Å². The fourth-order valence-corrected chi connectivity index (χ4v) is 4.68. The van der Waals surface area contributed by atoms with Crippen molar-refractivity contribution in [3.63, 3.8) is 0 Å². The van der Waals surface area contributed by atoms with Gasteiger partial charge in [-0.05, 0) is 22.3 Å². The maximum Gasteiger partial charge on any atom is 0.410 e. The van der Waals surface area contributed by atoms with Crippen molar-refractivity contribution >= 4 is 11.9 Å². The maximum atomic E-state index is 12.8. The summed E-state index contributed by atoms with van der Waals surface area (Å²) in [5.74, 6) is -0.110. The number of benzene rings is 2. The molecular weight excluding hydrogens is 358 g/mol. The summed E-state index contributed by atoms with van der Waals surface area (Å²) in [5, 5.41) is 0. The molecule has 0 N–H and O–H groups in total. The lowest BCUT2D eigenvalue weighted by atomic mass is 9.98. The van der Waals surface area contributed by atoms with Gasteiger partial charge in [-0.25, -0.2) is 4.79 Å². The smallest absolute Gasteiger partial charge is 0.410 e. The van der Waals surface area contributed by atoms with Gasteiger partial charge in [0.15, 0.2) is 5.78 Å². The first kappa shape index (κ1) is 17.4. The molecular formula is C22H21NO5. The summed E-state index contributed by atoms with van der Waals surface area (Å²) in [6.07, 6.45) is -1.20. The summed E-state index contributed by atoms with van der Waals surface area (Å²) in [5.41, 5.74) is 4.68. The summed E-state index contributed by atoms with van der Waals surface area (Å²) in [4.78, 5) is 26.5. The number of fused-ring (bicyclic) bond motifs is 4. The summed E-state index contributed by atoms with van der Waals surface area (Å²) in [6.45, 7) is 0.546. The van der Waals surface area contributed by atoms with E-state index < -0.39 is 18.2 Å². The number of hydrogen-bond donors (Lipinski definition) is 0. The Kier molecular flexibility index (Phi) is 4.18. The summed E-state index contributed by atoms with van der Waals surface area (Å²) < 4.78 is 16.6. The molecule has 28 heavy (non-hydrogen) atoms. The van der Waals surface area contributed by atoms with Crippen LogP contribution in [0.1, 0.15) is 17.0 Å². The lowest BCUT2D eigenvalue weighted by molar-refractivity contribution is -0.121. The van der Waals surface area contributed by atoms with E-state index in [0.29, 0.717) is 6.54 Å². The van der Waals surface area contributed by atoms with Crippen LogP contribution in [0.2, 0.25) is 0 Å². The largest absolute Gasteiger partial charge is 0.448 e. The van der Waals surface area contributed by atoms with Gasteiger partial charge < -0.3 is 14.2 Å². The van der Waals surface area contributed by atoms with E-state index in [4.69, 9.17) is 14.2 Å². The Bertz CT molecular complexity index is 897. The van der Waals surface area contributed by atoms with Gasteiger partial charge in [-0.1, -0.05) is 48.5 Å². The first-order valence-corrected chi connectivity index (χ1v) is 9.47. The van der Waals surface area contributed by atoms with E-state index in [1.54, 1.807) is 7.11 Å². The molecule has 6 heteroatoms. The number of amides is 1. The number of ketones is 1. The van der Waals surface area contributed by atoms with E-state index in [0.717, 1.165) is 11.1 Å². The zero-order chi connectivity index (χ0) is 19.3. The highest BCUT2D eigenvalue weighted by atomic mass is 16.6. The molecule has 2 saturated heterocycles. The molecule has 2 aromatic carbocycles. The monoisotopic (exact) mass is 379 g/mol. The van der Waals surface area contributed by atoms with Gasteiger partial charge in [-0.15, -0.1) is 0 Å². The molecule has 0 bridgehead atoms. The third-order valence-corrected chi connectivity index (χ3v) is 6.01. The minimum atomic E-state index is -0.611.